The highest BCUT2D eigenvalue weighted by Crippen LogP contribution is 2.38. The lowest BCUT2D eigenvalue weighted by molar-refractivity contribution is -0.146. The summed E-state index contributed by atoms with van der Waals surface area (Å²) in [6.07, 6.45) is 4.37. The number of fused-ring (bicyclic) bond motifs is 1. The van der Waals surface area contributed by atoms with Crippen molar-refractivity contribution in [3.05, 3.63) is 41.4 Å². The van der Waals surface area contributed by atoms with Gasteiger partial charge in [-0.25, -0.2) is 9.97 Å². The van der Waals surface area contributed by atoms with Crippen LogP contribution in [0.3, 0.4) is 0 Å². The monoisotopic (exact) mass is 488 g/mol. The Morgan fingerprint density at radius 2 is 2.06 bits per heavy atom. The first-order valence-electron chi connectivity index (χ1n) is 10.7. The van der Waals surface area contributed by atoms with Crippen LogP contribution < -0.4 is 11.5 Å². The molecular weight excluding hydrogens is 464 g/mol. The molecule has 33 heavy (non-hydrogen) atoms. The van der Waals surface area contributed by atoms with E-state index in [1.54, 1.807) is 6.33 Å². The Labute approximate surface area is 200 Å². The average molecular weight is 489 g/mol. The molecule has 0 amide bonds. The van der Waals surface area contributed by atoms with E-state index in [1.807, 2.05) is 28.8 Å². The van der Waals surface area contributed by atoms with Crippen LogP contribution in [-0.4, -0.2) is 55.4 Å². The second-order valence-corrected chi connectivity index (χ2v) is 9.30. The Bertz CT molecular complexity index is 1170. The molecule has 1 fully saturated rings. The van der Waals surface area contributed by atoms with Crippen molar-refractivity contribution in [3.8, 4) is 11.3 Å². The second kappa shape index (κ2) is 10.6. The molecule has 1 aliphatic rings. The van der Waals surface area contributed by atoms with Crippen LogP contribution in [0, 0.1) is 0 Å². The Morgan fingerprint density at radius 3 is 2.82 bits per heavy atom. The molecule has 0 aliphatic heterocycles. The zero-order valence-corrected chi connectivity index (χ0v) is 19.5. The molecule has 1 saturated carbocycles. The number of nitrogens with two attached hydrogens (primary N) is 2. The summed E-state index contributed by atoms with van der Waals surface area (Å²) in [6.45, 7) is 0.0547. The third-order valence-corrected chi connectivity index (χ3v) is 6.56. The molecule has 9 nitrogen and oxygen atoms in total. The molecule has 0 radical (unpaired) electrons. The number of carbonyl (C=O) groups is 2. The summed E-state index contributed by atoms with van der Waals surface area (Å²) in [4.78, 5) is 37.0. The van der Waals surface area contributed by atoms with Crippen molar-refractivity contribution in [1.29, 1.82) is 0 Å². The minimum atomic E-state index is -0.771. The number of imidazole rings is 1. The minimum Gasteiger partial charge on any atom is -0.460 e. The van der Waals surface area contributed by atoms with Crippen molar-refractivity contribution >= 4 is 46.3 Å². The van der Waals surface area contributed by atoms with Crippen LogP contribution in [0.1, 0.15) is 30.9 Å². The van der Waals surface area contributed by atoms with Gasteiger partial charge in [-0.1, -0.05) is 24.3 Å². The van der Waals surface area contributed by atoms with E-state index in [0.29, 0.717) is 40.8 Å². The van der Waals surface area contributed by atoms with E-state index < -0.39 is 12.0 Å². The number of nitrogens with zero attached hydrogens (tertiary/aromatic N) is 4. The topological polar surface area (TPSA) is 139 Å². The molecule has 2 aromatic heterocycles. The molecule has 174 valence electrons. The van der Waals surface area contributed by atoms with Gasteiger partial charge in [0.2, 0.25) is 5.28 Å². The van der Waals surface area contributed by atoms with Gasteiger partial charge < -0.3 is 20.8 Å². The highest BCUT2D eigenvalue weighted by Gasteiger charge is 2.27. The van der Waals surface area contributed by atoms with Crippen LogP contribution in [0.15, 0.2) is 30.6 Å². The lowest BCUT2D eigenvalue weighted by Crippen LogP contribution is -2.32. The number of thioether (sulfide) groups is 1. The Kier molecular flexibility index (Phi) is 7.59. The van der Waals surface area contributed by atoms with E-state index in [-0.39, 0.29) is 24.2 Å². The average Bonchev–Trinajstić information content (AvgIpc) is 3.58. The van der Waals surface area contributed by atoms with Crippen LogP contribution in [0.4, 0.5) is 0 Å². The Morgan fingerprint density at radius 1 is 1.27 bits per heavy atom. The number of Topliss-reactive ketones (excluding diaryl/α,β-unsaturated/α-hetero) is 1. The van der Waals surface area contributed by atoms with Crippen LogP contribution >= 0.6 is 23.4 Å². The van der Waals surface area contributed by atoms with Gasteiger partial charge in [0.25, 0.3) is 0 Å². The van der Waals surface area contributed by atoms with Gasteiger partial charge in [0.05, 0.1) is 18.6 Å². The maximum absolute atomic E-state index is 12.4. The molecule has 4 rings (SSSR count). The number of halogens is 1. The number of hydrogen-bond donors (Lipinski definition) is 2. The third-order valence-electron chi connectivity index (χ3n) is 5.34. The molecule has 3 aromatic rings. The van der Waals surface area contributed by atoms with Crippen molar-refractivity contribution in [3.63, 3.8) is 0 Å². The van der Waals surface area contributed by atoms with Gasteiger partial charge in [-0.05, 0) is 42.2 Å². The first kappa shape index (κ1) is 23.6. The number of ether oxygens (including phenoxy) is 1. The molecule has 4 N–H and O–H groups in total. The van der Waals surface area contributed by atoms with E-state index in [4.69, 9.17) is 27.8 Å². The van der Waals surface area contributed by atoms with Gasteiger partial charge in [-0.3, -0.25) is 9.59 Å². The predicted octanol–water partition coefficient (Wildman–Crippen LogP) is 2.50. The molecule has 1 unspecified atom stereocenters. The summed E-state index contributed by atoms with van der Waals surface area (Å²) in [5.74, 6) is 0.353. The molecule has 11 heteroatoms. The van der Waals surface area contributed by atoms with Crippen molar-refractivity contribution in [2.24, 2.45) is 11.5 Å². The van der Waals surface area contributed by atoms with E-state index in [0.717, 1.165) is 24.0 Å². The zero-order chi connectivity index (χ0) is 23.4. The van der Waals surface area contributed by atoms with Crippen LogP contribution in [-0.2, 0) is 20.9 Å². The van der Waals surface area contributed by atoms with E-state index in [9.17, 15) is 9.59 Å². The highest BCUT2D eigenvalue weighted by molar-refractivity contribution is 7.99. The predicted molar refractivity (Wildman–Crippen MR) is 128 cm³/mol. The van der Waals surface area contributed by atoms with Crippen molar-refractivity contribution in [2.75, 3.05) is 18.1 Å². The van der Waals surface area contributed by atoms with Gasteiger partial charge in [-0.15, -0.1) is 0 Å². The summed E-state index contributed by atoms with van der Waals surface area (Å²) in [5, 5.41) is 0.138. The fourth-order valence-electron chi connectivity index (χ4n) is 3.40. The number of ketones is 1. The molecule has 0 saturated heterocycles. The Balaban J connectivity index is 1.45. The second-order valence-electron chi connectivity index (χ2n) is 7.85. The molecule has 1 aliphatic carbocycles. The SMILES string of the molecule is NCC(=O)CSCCC(N)C(=O)OCc1ccccc1-c1nc(Cl)nc2c1ncn2C1CC1. The number of rotatable bonds is 11. The number of aromatic nitrogens is 4. The van der Waals surface area contributed by atoms with Crippen molar-refractivity contribution < 1.29 is 14.3 Å². The van der Waals surface area contributed by atoms with Gasteiger partial charge >= 0.3 is 5.97 Å². The zero-order valence-electron chi connectivity index (χ0n) is 17.9. The third kappa shape index (κ3) is 5.70. The maximum Gasteiger partial charge on any atom is 0.323 e. The largest absolute Gasteiger partial charge is 0.460 e. The van der Waals surface area contributed by atoms with Crippen LogP contribution in [0.25, 0.3) is 22.4 Å². The Hall–Kier alpha value is -2.53. The molecule has 2 heterocycles. The first-order chi connectivity index (χ1) is 16.0. The minimum absolute atomic E-state index is 0.0190. The van der Waals surface area contributed by atoms with Crippen molar-refractivity contribution in [2.45, 2.75) is 38.0 Å². The summed E-state index contributed by atoms with van der Waals surface area (Å²) < 4.78 is 7.52. The normalized spacial score (nSPS) is 14.4. The summed E-state index contributed by atoms with van der Waals surface area (Å²) >= 11 is 7.65. The summed E-state index contributed by atoms with van der Waals surface area (Å²) in [7, 11) is 0. The van der Waals surface area contributed by atoms with Gasteiger partial charge in [0, 0.05) is 11.6 Å². The van der Waals surface area contributed by atoms with Crippen molar-refractivity contribution in [1.82, 2.24) is 19.5 Å². The molecular formula is C22H25ClN6O3S. The summed E-state index contributed by atoms with van der Waals surface area (Å²) in [6, 6.07) is 7.13. The molecule has 0 spiro atoms. The van der Waals surface area contributed by atoms with E-state index >= 15 is 0 Å². The fraction of sp³-hybridized carbons (Fsp3) is 0.409. The van der Waals surface area contributed by atoms with Crippen LogP contribution in [0.5, 0.6) is 0 Å². The molecule has 1 aromatic carbocycles. The number of hydrogen-bond acceptors (Lipinski definition) is 9. The van der Waals surface area contributed by atoms with E-state index in [1.165, 1.54) is 11.8 Å². The van der Waals surface area contributed by atoms with Gasteiger partial charge in [0.15, 0.2) is 11.4 Å². The number of carbonyl (C=O) groups excluding carboxylic acids is 2. The van der Waals surface area contributed by atoms with E-state index in [2.05, 4.69) is 15.0 Å². The molecule has 1 atom stereocenters. The lowest BCUT2D eigenvalue weighted by Gasteiger charge is -2.14. The van der Waals surface area contributed by atoms with Gasteiger partial charge in [0.1, 0.15) is 23.9 Å². The number of benzene rings is 1. The quantitative estimate of drug-likeness (QED) is 0.236. The summed E-state index contributed by atoms with van der Waals surface area (Å²) in [5.41, 5.74) is 14.7. The standard InChI is InChI=1S/C22H25ClN6O3S/c23-22-27-18(19-20(28-22)29(12-26-19)14-5-6-14)16-4-2-1-3-13(16)10-32-21(31)17(25)7-8-33-11-15(30)9-24/h1-4,12,14,17H,5-11,24-25H2. The smallest absolute Gasteiger partial charge is 0.323 e. The first-order valence-corrected chi connectivity index (χ1v) is 12.2. The van der Waals surface area contributed by atoms with Crippen LogP contribution in [0.2, 0.25) is 5.28 Å². The highest BCUT2D eigenvalue weighted by atomic mass is 35.5. The number of esters is 1. The fourth-order valence-corrected chi connectivity index (χ4v) is 4.48. The maximum atomic E-state index is 12.4. The van der Waals surface area contributed by atoms with Gasteiger partial charge in [-0.2, -0.15) is 16.7 Å². The molecule has 0 bridgehead atoms. The lowest BCUT2D eigenvalue weighted by atomic mass is 10.0.